The molecular weight excluding hydrogens is 364 g/mol. The molecule has 2 unspecified atom stereocenters. The van der Waals surface area contributed by atoms with Crippen LogP contribution in [0.25, 0.3) is 0 Å². The van der Waals surface area contributed by atoms with Gasteiger partial charge in [0.1, 0.15) is 11.9 Å². The molecule has 1 aromatic rings. The molecule has 2 fully saturated rings. The van der Waals surface area contributed by atoms with Gasteiger partial charge in [-0.2, -0.15) is 0 Å². The van der Waals surface area contributed by atoms with Crippen molar-refractivity contribution in [3.63, 3.8) is 0 Å². The molecule has 2 saturated heterocycles. The van der Waals surface area contributed by atoms with Crippen molar-refractivity contribution in [3.8, 4) is 5.75 Å². The number of benzene rings is 1. The fraction of sp³-hybridized carbons (Fsp3) is 0.696. The van der Waals surface area contributed by atoms with E-state index in [1.165, 1.54) is 31.4 Å². The molecule has 0 aliphatic carbocycles. The Bertz CT molecular complexity index is 658. The number of aliphatic imine (C=N–C) groups is 1. The molecule has 0 aromatic heterocycles. The molecule has 0 amide bonds. The summed E-state index contributed by atoms with van der Waals surface area (Å²) in [6, 6.07) is 7.11. The average molecular weight is 403 g/mol. The highest BCUT2D eigenvalue weighted by Gasteiger charge is 2.19. The van der Waals surface area contributed by atoms with Crippen LogP contribution in [0.15, 0.2) is 23.2 Å². The van der Waals surface area contributed by atoms with Crippen LogP contribution in [0, 0.1) is 6.92 Å². The Balaban J connectivity index is 1.44. The van der Waals surface area contributed by atoms with Gasteiger partial charge in [-0.05, 0) is 51.3 Å². The fourth-order valence-electron chi connectivity index (χ4n) is 4.08. The first kappa shape index (κ1) is 21.9. The van der Waals surface area contributed by atoms with Gasteiger partial charge < -0.3 is 25.0 Å². The van der Waals surface area contributed by atoms with Gasteiger partial charge in [0.2, 0.25) is 0 Å². The Kier molecular flexibility index (Phi) is 8.62. The third-order valence-electron chi connectivity index (χ3n) is 5.93. The second-order valence-electron chi connectivity index (χ2n) is 8.30. The van der Waals surface area contributed by atoms with Crippen LogP contribution in [0.5, 0.6) is 5.75 Å². The third kappa shape index (κ3) is 6.89. The minimum absolute atomic E-state index is 0.158. The van der Waals surface area contributed by atoms with E-state index < -0.39 is 0 Å². The molecule has 29 heavy (non-hydrogen) atoms. The van der Waals surface area contributed by atoms with Crippen molar-refractivity contribution in [2.75, 3.05) is 39.9 Å². The number of rotatable bonds is 8. The number of nitrogens with one attached hydrogen (secondary N) is 2. The van der Waals surface area contributed by atoms with E-state index in [-0.39, 0.29) is 6.10 Å². The first-order valence-corrected chi connectivity index (χ1v) is 11.2. The minimum atomic E-state index is 0.158. The van der Waals surface area contributed by atoms with Gasteiger partial charge in [-0.3, -0.25) is 4.99 Å². The molecule has 2 aliphatic heterocycles. The lowest BCUT2D eigenvalue weighted by Gasteiger charge is -2.33. The van der Waals surface area contributed by atoms with Crippen LogP contribution in [-0.4, -0.2) is 62.9 Å². The zero-order chi connectivity index (χ0) is 20.5. The summed E-state index contributed by atoms with van der Waals surface area (Å²) < 4.78 is 11.6. The smallest absolute Gasteiger partial charge is 0.191 e. The summed E-state index contributed by atoms with van der Waals surface area (Å²) in [5.74, 6) is 1.79. The molecule has 1 aromatic carbocycles. The van der Waals surface area contributed by atoms with Gasteiger partial charge in [0, 0.05) is 44.7 Å². The fourth-order valence-corrected chi connectivity index (χ4v) is 4.08. The zero-order valence-corrected chi connectivity index (χ0v) is 18.4. The van der Waals surface area contributed by atoms with E-state index in [1.807, 2.05) is 7.05 Å². The molecule has 0 spiro atoms. The van der Waals surface area contributed by atoms with Crippen LogP contribution >= 0.6 is 0 Å². The van der Waals surface area contributed by atoms with Crippen LogP contribution in [0.2, 0.25) is 0 Å². The summed E-state index contributed by atoms with van der Waals surface area (Å²) in [4.78, 5) is 6.99. The maximum atomic E-state index is 6.20. The number of likely N-dealkylation sites (tertiary alicyclic amines) is 1. The highest BCUT2D eigenvalue weighted by atomic mass is 16.5. The topological polar surface area (TPSA) is 58.1 Å². The van der Waals surface area contributed by atoms with Crippen molar-refractivity contribution < 1.29 is 9.47 Å². The molecule has 0 radical (unpaired) electrons. The Labute approximate surface area is 176 Å². The van der Waals surface area contributed by atoms with Crippen LogP contribution in [-0.2, 0) is 11.3 Å². The van der Waals surface area contributed by atoms with Gasteiger partial charge in [0.25, 0.3) is 0 Å². The maximum Gasteiger partial charge on any atom is 0.191 e. The summed E-state index contributed by atoms with van der Waals surface area (Å²) in [7, 11) is 1.82. The standard InChI is InChI=1S/C23H38N4O2/c1-18-8-9-20(22(15-18)29-21-10-14-28-17-21)16-26-23(24-3)25-11-6-13-27-12-5-4-7-19(27)2/h8-9,15,19,21H,4-7,10-14,16-17H2,1-3H3,(H2,24,25,26). The van der Waals surface area contributed by atoms with E-state index in [0.29, 0.717) is 13.2 Å². The quantitative estimate of drug-likeness (QED) is 0.398. The SMILES string of the molecule is CN=C(NCCCN1CCCCC1C)NCc1ccc(C)cc1OC1CCOC1. The van der Waals surface area contributed by atoms with Gasteiger partial charge in [-0.15, -0.1) is 0 Å². The molecule has 3 rings (SSSR count). The lowest BCUT2D eigenvalue weighted by atomic mass is 10.0. The highest BCUT2D eigenvalue weighted by Crippen LogP contribution is 2.23. The zero-order valence-electron chi connectivity index (χ0n) is 18.4. The van der Waals surface area contributed by atoms with Crippen molar-refractivity contribution in [2.45, 2.75) is 64.6 Å². The molecule has 2 aliphatic rings. The second kappa shape index (κ2) is 11.4. The molecule has 162 valence electrons. The van der Waals surface area contributed by atoms with E-state index in [4.69, 9.17) is 9.47 Å². The molecule has 2 heterocycles. The summed E-state index contributed by atoms with van der Waals surface area (Å²) >= 11 is 0. The third-order valence-corrected chi connectivity index (χ3v) is 5.93. The van der Waals surface area contributed by atoms with Crippen molar-refractivity contribution in [2.24, 2.45) is 4.99 Å². The number of hydrogen-bond acceptors (Lipinski definition) is 4. The van der Waals surface area contributed by atoms with E-state index in [9.17, 15) is 0 Å². The average Bonchev–Trinajstić information content (AvgIpc) is 3.23. The lowest BCUT2D eigenvalue weighted by Crippen LogP contribution is -2.41. The second-order valence-corrected chi connectivity index (χ2v) is 8.30. The van der Waals surface area contributed by atoms with Gasteiger partial charge in [-0.1, -0.05) is 18.6 Å². The van der Waals surface area contributed by atoms with Crippen LogP contribution < -0.4 is 15.4 Å². The lowest BCUT2D eigenvalue weighted by molar-refractivity contribution is 0.140. The van der Waals surface area contributed by atoms with Gasteiger partial charge >= 0.3 is 0 Å². The summed E-state index contributed by atoms with van der Waals surface area (Å²) in [6.07, 6.45) is 6.31. The number of guanidine groups is 1. The Morgan fingerprint density at radius 1 is 1.28 bits per heavy atom. The van der Waals surface area contributed by atoms with Crippen LogP contribution in [0.3, 0.4) is 0 Å². The van der Waals surface area contributed by atoms with E-state index in [2.05, 4.69) is 52.6 Å². The largest absolute Gasteiger partial charge is 0.488 e. The van der Waals surface area contributed by atoms with Crippen molar-refractivity contribution >= 4 is 5.96 Å². The number of ether oxygens (including phenoxy) is 2. The predicted octanol–water partition coefficient (Wildman–Crippen LogP) is 3.09. The summed E-state index contributed by atoms with van der Waals surface area (Å²) in [5, 5.41) is 6.88. The first-order valence-electron chi connectivity index (χ1n) is 11.2. The Hall–Kier alpha value is -1.79. The molecule has 2 N–H and O–H groups in total. The van der Waals surface area contributed by atoms with Crippen molar-refractivity contribution in [3.05, 3.63) is 29.3 Å². The van der Waals surface area contributed by atoms with Gasteiger partial charge in [0.05, 0.1) is 13.2 Å². The Morgan fingerprint density at radius 3 is 2.93 bits per heavy atom. The van der Waals surface area contributed by atoms with E-state index >= 15 is 0 Å². The molecule has 0 bridgehead atoms. The molecular formula is C23H38N4O2. The number of aryl methyl sites for hydroxylation is 1. The first-order chi connectivity index (χ1) is 14.2. The van der Waals surface area contributed by atoms with Crippen molar-refractivity contribution in [1.29, 1.82) is 0 Å². The van der Waals surface area contributed by atoms with E-state index in [1.54, 1.807) is 0 Å². The molecule has 2 atom stereocenters. The summed E-state index contributed by atoms with van der Waals surface area (Å²) in [6.45, 7) is 9.94. The van der Waals surface area contributed by atoms with Crippen molar-refractivity contribution in [1.82, 2.24) is 15.5 Å². The van der Waals surface area contributed by atoms with Gasteiger partial charge in [0.15, 0.2) is 5.96 Å². The number of nitrogens with zero attached hydrogens (tertiary/aromatic N) is 2. The predicted molar refractivity (Wildman–Crippen MR) is 119 cm³/mol. The highest BCUT2D eigenvalue weighted by molar-refractivity contribution is 5.79. The maximum absolute atomic E-state index is 6.20. The summed E-state index contributed by atoms with van der Waals surface area (Å²) in [5.41, 5.74) is 2.35. The normalized spacial score (nSPS) is 23.2. The van der Waals surface area contributed by atoms with Crippen LogP contribution in [0.1, 0.15) is 50.2 Å². The minimum Gasteiger partial charge on any atom is -0.488 e. The molecule has 0 saturated carbocycles. The van der Waals surface area contributed by atoms with E-state index in [0.717, 1.165) is 55.9 Å². The number of piperidine rings is 1. The van der Waals surface area contributed by atoms with Crippen LogP contribution in [0.4, 0.5) is 0 Å². The Morgan fingerprint density at radius 2 is 2.17 bits per heavy atom. The number of hydrogen-bond donors (Lipinski definition) is 2. The van der Waals surface area contributed by atoms with Gasteiger partial charge in [-0.25, -0.2) is 0 Å². The molecule has 6 nitrogen and oxygen atoms in total. The molecule has 6 heteroatoms. The monoisotopic (exact) mass is 402 g/mol.